The molecule has 0 saturated carbocycles. The van der Waals surface area contributed by atoms with Crippen LogP contribution in [-0.2, 0) is 6.54 Å². The van der Waals surface area contributed by atoms with Crippen LogP contribution < -0.4 is 0 Å². The summed E-state index contributed by atoms with van der Waals surface area (Å²) < 4.78 is 43.3. The summed E-state index contributed by atoms with van der Waals surface area (Å²) in [4.78, 5) is 13.2. The topological polar surface area (TPSA) is 33.5 Å². The number of hydrogen-bond acceptors (Lipinski definition) is 2. The minimum Gasteiger partial charge on any atom is -0.467 e. The van der Waals surface area contributed by atoms with Gasteiger partial charge >= 0.3 is 6.18 Å². The molecule has 2 rings (SSSR count). The number of rotatable bonds is 4. The SMILES string of the molecule is Cc1ccc(C(=O)N(Cc2ccco2)CC(F)(F)F)c(C)c1. The van der Waals surface area contributed by atoms with Crippen molar-refractivity contribution < 1.29 is 22.4 Å². The highest BCUT2D eigenvalue weighted by Gasteiger charge is 2.34. The Balaban J connectivity index is 2.28. The molecule has 3 nitrogen and oxygen atoms in total. The first-order valence-corrected chi connectivity index (χ1v) is 6.72. The van der Waals surface area contributed by atoms with E-state index in [4.69, 9.17) is 4.42 Å². The van der Waals surface area contributed by atoms with Gasteiger partial charge in [0.2, 0.25) is 0 Å². The largest absolute Gasteiger partial charge is 0.467 e. The normalized spacial score (nSPS) is 11.5. The number of alkyl halides is 3. The average Bonchev–Trinajstić information content (AvgIpc) is 2.88. The van der Waals surface area contributed by atoms with Gasteiger partial charge in [-0.25, -0.2) is 0 Å². The van der Waals surface area contributed by atoms with E-state index in [1.807, 2.05) is 6.92 Å². The first kappa shape index (κ1) is 16.1. The fourth-order valence-corrected chi connectivity index (χ4v) is 2.23. The number of aryl methyl sites for hydroxylation is 2. The number of halogens is 3. The molecule has 1 amide bonds. The number of furan rings is 1. The number of benzene rings is 1. The Morgan fingerprint density at radius 3 is 2.50 bits per heavy atom. The molecule has 0 fully saturated rings. The van der Waals surface area contributed by atoms with E-state index >= 15 is 0 Å². The Labute approximate surface area is 126 Å². The zero-order valence-electron chi connectivity index (χ0n) is 12.3. The zero-order chi connectivity index (χ0) is 16.3. The van der Waals surface area contributed by atoms with E-state index in [9.17, 15) is 18.0 Å². The van der Waals surface area contributed by atoms with Crippen molar-refractivity contribution in [3.05, 3.63) is 59.0 Å². The molecule has 1 aromatic heterocycles. The molecule has 1 aromatic carbocycles. The molecule has 0 spiro atoms. The molecule has 6 heteroatoms. The predicted molar refractivity (Wildman–Crippen MR) is 75.4 cm³/mol. The van der Waals surface area contributed by atoms with Gasteiger partial charge < -0.3 is 9.32 Å². The van der Waals surface area contributed by atoms with Crippen LogP contribution in [0.2, 0.25) is 0 Å². The number of carbonyl (C=O) groups excluding carboxylic acids is 1. The third-order valence-electron chi connectivity index (χ3n) is 3.20. The Morgan fingerprint density at radius 1 is 1.23 bits per heavy atom. The lowest BCUT2D eigenvalue weighted by Crippen LogP contribution is -2.38. The Hall–Kier alpha value is -2.24. The molecule has 22 heavy (non-hydrogen) atoms. The Kier molecular flexibility index (Phi) is 4.59. The number of nitrogens with zero attached hydrogens (tertiary/aromatic N) is 1. The maximum Gasteiger partial charge on any atom is 0.406 e. The smallest absolute Gasteiger partial charge is 0.406 e. The molecule has 0 saturated heterocycles. The number of amides is 1. The van der Waals surface area contributed by atoms with Crippen LogP contribution in [0.1, 0.15) is 27.2 Å². The molecular weight excluding hydrogens is 295 g/mol. The van der Waals surface area contributed by atoms with Gasteiger partial charge in [-0.2, -0.15) is 13.2 Å². The quantitative estimate of drug-likeness (QED) is 0.851. The summed E-state index contributed by atoms with van der Waals surface area (Å²) in [5, 5.41) is 0. The van der Waals surface area contributed by atoms with Crippen LogP contribution in [-0.4, -0.2) is 23.5 Å². The number of hydrogen-bond donors (Lipinski definition) is 0. The summed E-state index contributed by atoms with van der Waals surface area (Å²) in [6.45, 7) is 2.02. The standard InChI is InChI=1S/C16H16F3NO2/c1-11-5-6-14(12(2)8-11)15(21)20(10-16(17,18)19)9-13-4-3-7-22-13/h3-8H,9-10H2,1-2H3. The first-order chi connectivity index (χ1) is 10.3. The van der Waals surface area contributed by atoms with E-state index in [1.165, 1.54) is 6.26 Å². The van der Waals surface area contributed by atoms with Crippen LogP contribution in [0.4, 0.5) is 13.2 Å². The molecule has 0 aliphatic heterocycles. The highest BCUT2D eigenvalue weighted by molar-refractivity contribution is 5.95. The second-order valence-corrected chi connectivity index (χ2v) is 5.17. The van der Waals surface area contributed by atoms with Crippen LogP contribution in [0.15, 0.2) is 41.0 Å². The van der Waals surface area contributed by atoms with E-state index in [2.05, 4.69) is 0 Å². The highest BCUT2D eigenvalue weighted by Crippen LogP contribution is 2.21. The van der Waals surface area contributed by atoms with Crippen molar-refractivity contribution >= 4 is 5.91 Å². The van der Waals surface area contributed by atoms with E-state index in [-0.39, 0.29) is 12.1 Å². The van der Waals surface area contributed by atoms with E-state index < -0.39 is 18.6 Å². The van der Waals surface area contributed by atoms with Gasteiger partial charge in [0.15, 0.2) is 0 Å². The van der Waals surface area contributed by atoms with Crippen LogP contribution in [0, 0.1) is 13.8 Å². The lowest BCUT2D eigenvalue weighted by Gasteiger charge is -2.24. The third-order valence-corrected chi connectivity index (χ3v) is 3.20. The maximum atomic E-state index is 12.8. The number of carbonyl (C=O) groups is 1. The van der Waals surface area contributed by atoms with Crippen molar-refractivity contribution in [1.82, 2.24) is 4.90 Å². The molecule has 2 aromatic rings. The highest BCUT2D eigenvalue weighted by atomic mass is 19.4. The first-order valence-electron chi connectivity index (χ1n) is 6.72. The van der Waals surface area contributed by atoms with Crippen LogP contribution in [0.25, 0.3) is 0 Å². The van der Waals surface area contributed by atoms with E-state index in [0.29, 0.717) is 11.3 Å². The molecule has 0 aliphatic carbocycles. The summed E-state index contributed by atoms with van der Waals surface area (Å²) in [6, 6.07) is 8.14. The fourth-order valence-electron chi connectivity index (χ4n) is 2.23. The molecule has 0 atom stereocenters. The minimum absolute atomic E-state index is 0.224. The van der Waals surface area contributed by atoms with Crippen LogP contribution in [0.3, 0.4) is 0 Å². The minimum atomic E-state index is -4.47. The van der Waals surface area contributed by atoms with Crippen LogP contribution >= 0.6 is 0 Å². The van der Waals surface area contributed by atoms with Gasteiger partial charge in [-0.05, 0) is 37.6 Å². The molecule has 1 heterocycles. The van der Waals surface area contributed by atoms with Gasteiger partial charge in [0.1, 0.15) is 12.3 Å². The van der Waals surface area contributed by atoms with Crippen molar-refractivity contribution in [1.29, 1.82) is 0 Å². The Morgan fingerprint density at radius 2 is 1.95 bits per heavy atom. The van der Waals surface area contributed by atoms with Gasteiger partial charge in [-0.3, -0.25) is 4.79 Å². The van der Waals surface area contributed by atoms with Gasteiger partial charge in [0, 0.05) is 5.56 Å². The summed E-state index contributed by atoms with van der Waals surface area (Å²) in [7, 11) is 0. The molecule has 118 valence electrons. The molecule has 0 radical (unpaired) electrons. The molecular formula is C16H16F3NO2. The summed E-state index contributed by atoms with van der Waals surface area (Å²) in [6.07, 6.45) is -3.11. The van der Waals surface area contributed by atoms with Crippen molar-refractivity contribution in [2.75, 3.05) is 6.54 Å². The van der Waals surface area contributed by atoms with E-state index in [0.717, 1.165) is 10.5 Å². The molecule has 0 unspecified atom stereocenters. The second-order valence-electron chi connectivity index (χ2n) is 5.17. The average molecular weight is 311 g/mol. The van der Waals surface area contributed by atoms with Gasteiger partial charge in [0.25, 0.3) is 5.91 Å². The third kappa shape index (κ3) is 4.13. The molecule has 0 N–H and O–H groups in total. The summed E-state index contributed by atoms with van der Waals surface area (Å²) in [5.41, 5.74) is 1.86. The summed E-state index contributed by atoms with van der Waals surface area (Å²) >= 11 is 0. The van der Waals surface area contributed by atoms with Crippen molar-refractivity contribution in [2.24, 2.45) is 0 Å². The van der Waals surface area contributed by atoms with Crippen LogP contribution in [0.5, 0.6) is 0 Å². The van der Waals surface area contributed by atoms with Crippen molar-refractivity contribution in [2.45, 2.75) is 26.6 Å². The lowest BCUT2D eigenvalue weighted by atomic mass is 10.0. The van der Waals surface area contributed by atoms with Gasteiger partial charge in [-0.1, -0.05) is 17.7 Å². The zero-order valence-corrected chi connectivity index (χ0v) is 12.3. The predicted octanol–water partition coefficient (Wildman–Crippen LogP) is 4.10. The van der Waals surface area contributed by atoms with Crippen molar-refractivity contribution in [3.63, 3.8) is 0 Å². The van der Waals surface area contributed by atoms with Gasteiger partial charge in [-0.15, -0.1) is 0 Å². The monoisotopic (exact) mass is 311 g/mol. The fraction of sp³-hybridized carbons (Fsp3) is 0.312. The Bertz CT molecular complexity index is 648. The van der Waals surface area contributed by atoms with Gasteiger partial charge in [0.05, 0.1) is 12.8 Å². The van der Waals surface area contributed by atoms with E-state index in [1.54, 1.807) is 37.3 Å². The second kappa shape index (κ2) is 6.25. The maximum absolute atomic E-state index is 12.8. The lowest BCUT2D eigenvalue weighted by molar-refractivity contribution is -0.142. The van der Waals surface area contributed by atoms with Crippen molar-refractivity contribution in [3.8, 4) is 0 Å². The molecule has 0 bridgehead atoms. The summed E-state index contributed by atoms with van der Waals surface area (Å²) in [5.74, 6) is -0.353. The molecule has 0 aliphatic rings.